The van der Waals surface area contributed by atoms with E-state index in [1.807, 2.05) is 12.1 Å². The van der Waals surface area contributed by atoms with Crippen LogP contribution in [0.4, 0.5) is 0 Å². The second kappa shape index (κ2) is 4.39. The Hall–Kier alpha value is -0.660. The zero-order valence-electron chi connectivity index (χ0n) is 6.48. The average molecular weight is 202 g/mol. The van der Waals surface area contributed by atoms with Gasteiger partial charge in [-0.2, -0.15) is 0 Å². The number of rotatable bonds is 3. The van der Waals surface area contributed by atoms with Gasteiger partial charge in [0.15, 0.2) is 0 Å². The molecular formula is C9H9Cl2N. The molecule has 1 aromatic carbocycles. The van der Waals surface area contributed by atoms with Crippen molar-refractivity contribution in [3.8, 4) is 0 Å². The Labute approximate surface area is 82.0 Å². The first-order valence-electron chi connectivity index (χ1n) is 3.53. The zero-order chi connectivity index (χ0) is 8.97. The van der Waals surface area contributed by atoms with Crippen LogP contribution in [0.5, 0.6) is 0 Å². The largest absolute Gasteiger partial charge is 0.387 e. The molecular weight excluding hydrogens is 193 g/mol. The highest BCUT2D eigenvalue weighted by atomic mass is 35.5. The van der Waals surface area contributed by atoms with Crippen LogP contribution in [0.25, 0.3) is 0 Å². The van der Waals surface area contributed by atoms with Crippen LogP contribution in [0, 0.1) is 0 Å². The van der Waals surface area contributed by atoms with Crippen LogP contribution in [-0.2, 0) is 6.54 Å². The van der Waals surface area contributed by atoms with Gasteiger partial charge in [-0.1, -0.05) is 41.9 Å². The van der Waals surface area contributed by atoms with E-state index in [9.17, 15) is 0 Å². The van der Waals surface area contributed by atoms with Crippen molar-refractivity contribution in [3.05, 3.63) is 46.6 Å². The Morgan fingerprint density at radius 3 is 2.83 bits per heavy atom. The van der Waals surface area contributed by atoms with Gasteiger partial charge in [-0.15, -0.1) is 0 Å². The summed E-state index contributed by atoms with van der Waals surface area (Å²) in [4.78, 5) is 0. The molecule has 0 saturated carbocycles. The molecule has 0 heterocycles. The standard InChI is InChI=1S/C9H9Cl2N/c1-2-12-6-7-4-3-5-8(10)9(7)11/h2-5,12H,1,6H2. The molecule has 1 aromatic rings. The highest BCUT2D eigenvalue weighted by Gasteiger charge is 2.01. The Bertz CT molecular complexity index is 284. The van der Waals surface area contributed by atoms with Gasteiger partial charge in [0, 0.05) is 6.54 Å². The van der Waals surface area contributed by atoms with E-state index >= 15 is 0 Å². The van der Waals surface area contributed by atoms with E-state index in [2.05, 4.69) is 11.9 Å². The maximum absolute atomic E-state index is 5.92. The smallest absolute Gasteiger partial charge is 0.0642 e. The molecule has 1 nitrogen and oxygen atoms in total. The van der Waals surface area contributed by atoms with Crippen molar-refractivity contribution in [2.45, 2.75) is 6.54 Å². The predicted molar refractivity (Wildman–Crippen MR) is 53.5 cm³/mol. The molecule has 64 valence electrons. The van der Waals surface area contributed by atoms with Crippen LogP contribution in [-0.4, -0.2) is 0 Å². The molecule has 0 bridgehead atoms. The third-order valence-electron chi connectivity index (χ3n) is 1.47. The van der Waals surface area contributed by atoms with Crippen molar-refractivity contribution >= 4 is 23.2 Å². The SMILES string of the molecule is C=CNCc1cccc(Cl)c1Cl. The molecule has 0 saturated heterocycles. The van der Waals surface area contributed by atoms with Crippen LogP contribution in [0.3, 0.4) is 0 Å². The van der Waals surface area contributed by atoms with Gasteiger partial charge in [-0.05, 0) is 17.8 Å². The van der Waals surface area contributed by atoms with E-state index in [0.29, 0.717) is 16.6 Å². The molecule has 1 N–H and O–H groups in total. The van der Waals surface area contributed by atoms with Gasteiger partial charge in [0.2, 0.25) is 0 Å². The molecule has 0 amide bonds. The Balaban J connectivity index is 2.84. The molecule has 0 aliphatic rings. The first-order valence-corrected chi connectivity index (χ1v) is 4.28. The van der Waals surface area contributed by atoms with E-state index < -0.39 is 0 Å². The molecule has 1 rings (SSSR count). The van der Waals surface area contributed by atoms with Gasteiger partial charge in [0.05, 0.1) is 10.0 Å². The fourth-order valence-electron chi connectivity index (χ4n) is 0.867. The number of hydrogen-bond donors (Lipinski definition) is 1. The molecule has 0 aliphatic heterocycles. The third kappa shape index (κ3) is 2.16. The van der Waals surface area contributed by atoms with E-state index in [1.165, 1.54) is 0 Å². The summed E-state index contributed by atoms with van der Waals surface area (Å²) >= 11 is 11.7. The molecule has 0 aromatic heterocycles. The van der Waals surface area contributed by atoms with Crippen LogP contribution >= 0.6 is 23.2 Å². The lowest BCUT2D eigenvalue weighted by molar-refractivity contribution is 0.873. The Kier molecular flexibility index (Phi) is 3.45. The van der Waals surface area contributed by atoms with Crippen molar-refractivity contribution in [2.75, 3.05) is 0 Å². The number of nitrogens with one attached hydrogen (secondary N) is 1. The Morgan fingerprint density at radius 1 is 1.42 bits per heavy atom. The normalized spacial score (nSPS) is 9.50. The molecule has 0 aliphatic carbocycles. The molecule has 12 heavy (non-hydrogen) atoms. The minimum absolute atomic E-state index is 0.583. The van der Waals surface area contributed by atoms with Gasteiger partial charge >= 0.3 is 0 Å². The van der Waals surface area contributed by atoms with Crippen LogP contribution < -0.4 is 5.32 Å². The van der Waals surface area contributed by atoms with Crippen molar-refractivity contribution in [1.29, 1.82) is 0 Å². The summed E-state index contributed by atoms with van der Waals surface area (Å²) in [6.07, 6.45) is 1.62. The quantitative estimate of drug-likeness (QED) is 0.793. The fraction of sp³-hybridized carbons (Fsp3) is 0.111. The summed E-state index contributed by atoms with van der Waals surface area (Å²) in [6, 6.07) is 5.56. The summed E-state index contributed by atoms with van der Waals surface area (Å²) in [5.41, 5.74) is 0.976. The Morgan fingerprint density at radius 2 is 2.17 bits per heavy atom. The monoisotopic (exact) mass is 201 g/mol. The molecule has 0 spiro atoms. The van der Waals surface area contributed by atoms with Crippen LogP contribution in [0.1, 0.15) is 5.56 Å². The molecule has 0 radical (unpaired) electrons. The van der Waals surface area contributed by atoms with Gasteiger partial charge < -0.3 is 5.32 Å². The maximum Gasteiger partial charge on any atom is 0.0642 e. The van der Waals surface area contributed by atoms with Gasteiger partial charge in [0.25, 0.3) is 0 Å². The van der Waals surface area contributed by atoms with Crippen molar-refractivity contribution in [2.24, 2.45) is 0 Å². The number of benzene rings is 1. The lowest BCUT2D eigenvalue weighted by Gasteiger charge is -2.04. The van der Waals surface area contributed by atoms with Gasteiger partial charge in [0.1, 0.15) is 0 Å². The van der Waals surface area contributed by atoms with Crippen molar-refractivity contribution in [3.63, 3.8) is 0 Å². The summed E-state index contributed by atoms with van der Waals surface area (Å²) in [7, 11) is 0. The highest BCUT2D eigenvalue weighted by Crippen LogP contribution is 2.25. The third-order valence-corrected chi connectivity index (χ3v) is 2.33. The number of hydrogen-bond acceptors (Lipinski definition) is 1. The second-order valence-corrected chi connectivity index (χ2v) is 3.08. The van der Waals surface area contributed by atoms with Crippen LogP contribution in [0.15, 0.2) is 31.0 Å². The number of halogens is 2. The van der Waals surface area contributed by atoms with E-state index in [0.717, 1.165) is 5.56 Å². The predicted octanol–water partition coefficient (Wildman–Crippen LogP) is 3.23. The topological polar surface area (TPSA) is 12.0 Å². The second-order valence-electron chi connectivity index (χ2n) is 2.30. The minimum atomic E-state index is 0.583. The maximum atomic E-state index is 5.92. The minimum Gasteiger partial charge on any atom is -0.387 e. The average Bonchev–Trinajstić information content (AvgIpc) is 2.08. The molecule has 0 unspecified atom stereocenters. The van der Waals surface area contributed by atoms with Crippen molar-refractivity contribution < 1.29 is 0 Å². The highest BCUT2D eigenvalue weighted by molar-refractivity contribution is 6.42. The summed E-state index contributed by atoms with van der Waals surface area (Å²) in [5.74, 6) is 0. The molecule has 0 fully saturated rings. The van der Waals surface area contributed by atoms with Crippen molar-refractivity contribution in [1.82, 2.24) is 5.32 Å². The summed E-state index contributed by atoms with van der Waals surface area (Å²) < 4.78 is 0. The first kappa shape index (κ1) is 9.43. The summed E-state index contributed by atoms with van der Waals surface area (Å²) in [6.45, 7) is 4.20. The zero-order valence-corrected chi connectivity index (χ0v) is 7.99. The lowest BCUT2D eigenvalue weighted by atomic mass is 10.2. The van der Waals surface area contributed by atoms with Gasteiger partial charge in [-0.25, -0.2) is 0 Å². The van der Waals surface area contributed by atoms with E-state index in [-0.39, 0.29) is 0 Å². The van der Waals surface area contributed by atoms with Crippen LogP contribution in [0.2, 0.25) is 10.0 Å². The summed E-state index contributed by atoms with van der Waals surface area (Å²) in [5, 5.41) is 4.14. The molecule has 0 atom stereocenters. The lowest BCUT2D eigenvalue weighted by Crippen LogP contribution is -2.03. The van der Waals surface area contributed by atoms with Gasteiger partial charge in [-0.3, -0.25) is 0 Å². The molecule has 3 heteroatoms. The van der Waals surface area contributed by atoms with E-state index in [4.69, 9.17) is 23.2 Å². The fourth-order valence-corrected chi connectivity index (χ4v) is 1.25. The van der Waals surface area contributed by atoms with E-state index in [1.54, 1.807) is 12.3 Å². The first-order chi connectivity index (χ1) is 5.75.